The van der Waals surface area contributed by atoms with E-state index in [9.17, 15) is 4.79 Å². The molecule has 2 aromatic heterocycles. The maximum absolute atomic E-state index is 12.4. The molecule has 0 fully saturated rings. The number of imidazole rings is 1. The first-order valence-corrected chi connectivity index (χ1v) is 8.85. The molecule has 7 heteroatoms. The predicted molar refractivity (Wildman–Crippen MR) is 102 cm³/mol. The quantitative estimate of drug-likeness (QED) is 0.666. The summed E-state index contributed by atoms with van der Waals surface area (Å²) in [4.78, 5) is 18.1. The highest BCUT2D eigenvalue weighted by Crippen LogP contribution is 2.16. The number of carbonyl (C=O) groups excluding carboxylic acids is 1. The van der Waals surface area contributed by atoms with Gasteiger partial charge in [0.25, 0.3) is 5.91 Å². The number of nitrogens with one attached hydrogen (secondary N) is 2. The summed E-state index contributed by atoms with van der Waals surface area (Å²) in [5.74, 6) is 0.674. The molecule has 0 aliphatic rings. The largest absolute Gasteiger partial charge is 0.497 e. The number of quaternary nitrogens is 1. The lowest BCUT2D eigenvalue weighted by atomic mass is 10.3. The molecule has 1 aromatic carbocycles. The third-order valence-corrected chi connectivity index (χ3v) is 4.38. The van der Waals surface area contributed by atoms with Gasteiger partial charge in [0.1, 0.15) is 23.6 Å². The molecule has 136 valence electrons. The first-order valence-electron chi connectivity index (χ1n) is 8.48. The molecule has 26 heavy (non-hydrogen) atoms. The van der Waals surface area contributed by atoms with E-state index in [0.717, 1.165) is 28.5 Å². The van der Waals surface area contributed by atoms with E-state index < -0.39 is 0 Å². The summed E-state index contributed by atoms with van der Waals surface area (Å²) in [7, 11) is 1.60. The Bertz CT molecular complexity index is 909. The number of hydrogen-bond acceptors (Lipinski definition) is 3. The molecule has 2 N–H and O–H groups in total. The van der Waals surface area contributed by atoms with Gasteiger partial charge in [-0.2, -0.15) is 0 Å². The predicted octanol–water partition coefficient (Wildman–Crippen LogP) is 2.04. The van der Waals surface area contributed by atoms with Crippen molar-refractivity contribution >= 4 is 28.8 Å². The Kier molecular flexibility index (Phi) is 5.75. The molecule has 2 heterocycles. The smallest absolute Gasteiger partial charge is 0.279 e. The number of amides is 1. The van der Waals surface area contributed by atoms with Gasteiger partial charge in [0, 0.05) is 24.1 Å². The number of hydrogen-bond donors (Lipinski definition) is 2. The highest BCUT2D eigenvalue weighted by molar-refractivity contribution is 6.30. The van der Waals surface area contributed by atoms with E-state index in [4.69, 9.17) is 16.3 Å². The highest BCUT2D eigenvalue weighted by Gasteiger charge is 2.15. The molecular formula is C19H22ClN4O2+. The topological polar surface area (TPSA) is 60.1 Å². The van der Waals surface area contributed by atoms with E-state index in [-0.39, 0.29) is 5.91 Å². The number of ether oxygens (including phenoxy) is 1. The Morgan fingerprint density at radius 3 is 2.92 bits per heavy atom. The maximum atomic E-state index is 12.4. The maximum Gasteiger partial charge on any atom is 0.279 e. The van der Waals surface area contributed by atoms with Crippen LogP contribution < -0.4 is 15.0 Å². The van der Waals surface area contributed by atoms with Crippen LogP contribution >= 0.6 is 11.6 Å². The molecule has 0 bridgehead atoms. The van der Waals surface area contributed by atoms with Gasteiger partial charge in [-0.15, -0.1) is 0 Å². The second kappa shape index (κ2) is 8.21. The molecule has 3 rings (SSSR count). The number of aromatic nitrogens is 2. The Hall–Kier alpha value is -2.57. The molecule has 0 saturated heterocycles. The number of halogens is 1. The van der Waals surface area contributed by atoms with Crippen molar-refractivity contribution < 1.29 is 14.4 Å². The number of carbonyl (C=O) groups is 1. The Balaban J connectivity index is 1.63. The SMILES string of the molecule is CC[NH+](CC(=O)Nc1cccc(OC)c1)Cc1cn2cc(Cl)ccc2n1. The van der Waals surface area contributed by atoms with Gasteiger partial charge in [0.15, 0.2) is 6.54 Å². The molecule has 0 aliphatic heterocycles. The fraction of sp³-hybridized carbons (Fsp3) is 0.263. The van der Waals surface area contributed by atoms with Crippen LogP contribution in [0.5, 0.6) is 5.75 Å². The fourth-order valence-corrected chi connectivity index (χ4v) is 2.97. The zero-order valence-corrected chi connectivity index (χ0v) is 15.6. The number of benzene rings is 1. The molecule has 6 nitrogen and oxygen atoms in total. The molecule has 3 aromatic rings. The summed E-state index contributed by atoms with van der Waals surface area (Å²) in [5, 5.41) is 3.58. The van der Waals surface area contributed by atoms with Crippen molar-refractivity contribution in [2.75, 3.05) is 25.5 Å². The van der Waals surface area contributed by atoms with Crippen LogP contribution in [0, 0.1) is 0 Å². The average molecular weight is 374 g/mol. The summed E-state index contributed by atoms with van der Waals surface area (Å²) < 4.78 is 7.08. The lowest BCUT2D eigenvalue weighted by molar-refractivity contribution is -0.904. The van der Waals surface area contributed by atoms with Crippen molar-refractivity contribution in [1.82, 2.24) is 9.38 Å². The van der Waals surface area contributed by atoms with E-state index >= 15 is 0 Å². The molecule has 1 unspecified atom stereocenters. The lowest BCUT2D eigenvalue weighted by Crippen LogP contribution is -3.11. The van der Waals surface area contributed by atoms with Crippen molar-refractivity contribution in [3.05, 3.63) is 59.5 Å². The molecule has 1 atom stereocenters. The minimum atomic E-state index is -0.0399. The number of fused-ring (bicyclic) bond motifs is 1. The summed E-state index contributed by atoms with van der Waals surface area (Å²) in [6, 6.07) is 11.0. The monoisotopic (exact) mass is 373 g/mol. The van der Waals surface area contributed by atoms with Crippen LogP contribution in [0.4, 0.5) is 5.69 Å². The van der Waals surface area contributed by atoms with Gasteiger partial charge in [-0.25, -0.2) is 4.98 Å². The number of anilines is 1. The van der Waals surface area contributed by atoms with E-state index in [2.05, 4.69) is 17.2 Å². The summed E-state index contributed by atoms with van der Waals surface area (Å²) in [5.41, 5.74) is 2.51. The van der Waals surface area contributed by atoms with Crippen molar-refractivity contribution in [2.45, 2.75) is 13.5 Å². The Morgan fingerprint density at radius 2 is 2.15 bits per heavy atom. The van der Waals surface area contributed by atoms with Crippen LogP contribution in [-0.4, -0.2) is 35.5 Å². The van der Waals surface area contributed by atoms with Crippen LogP contribution in [-0.2, 0) is 11.3 Å². The van der Waals surface area contributed by atoms with Crippen molar-refractivity contribution in [3.63, 3.8) is 0 Å². The third kappa shape index (κ3) is 4.53. The zero-order valence-electron chi connectivity index (χ0n) is 14.8. The van der Waals surface area contributed by atoms with E-state index in [1.54, 1.807) is 13.2 Å². The average Bonchev–Trinajstić information content (AvgIpc) is 3.02. The summed E-state index contributed by atoms with van der Waals surface area (Å²) in [6.07, 6.45) is 3.78. The van der Waals surface area contributed by atoms with Crippen molar-refractivity contribution in [1.29, 1.82) is 0 Å². The summed E-state index contributed by atoms with van der Waals surface area (Å²) >= 11 is 6.01. The minimum absolute atomic E-state index is 0.0399. The molecule has 0 spiro atoms. The van der Waals surface area contributed by atoms with Gasteiger partial charge in [-0.3, -0.25) is 4.79 Å². The van der Waals surface area contributed by atoms with Crippen LogP contribution in [0.3, 0.4) is 0 Å². The third-order valence-electron chi connectivity index (χ3n) is 4.16. The Morgan fingerprint density at radius 1 is 1.31 bits per heavy atom. The van der Waals surface area contributed by atoms with Gasteiger partial charge in [-0.05, 0) is 31.2 Å². The van der Waals surface area contributed by atoms with Crippen molar-refractivity contribution in [3.8, 4) is 5.75 Å². The standard InChI is InChI=1S/C19H21ClN4O2/c1-3-23(11-16-12-24-10-14(20)7-8-18(24)21-16)13-19(25)22-15-5-4-6-17(9-15)26-2/h4-10,12H,3,11,13H2,1-2H3,(H,22,25)/p+1. The van der Waals surface area contributed by atoms with Gasteiger partial charge in [0.2, 0.25) is 0 Å². The molecule has 0 aliphatic carbocycles. The number of nitrogens with zero attached hydrogens (tertiary/aromatic N) is 2. The van der Waals surface area contributed by atoms with Gasteiger partial charge >= 0.3 is 0 Å². The first kappa shape index (κ1) is 18.2. The number of rotatable bonds is 7. The first-order chi connectivity index (χ1) is 12.6. The highest BCUT2D eigenvalue weighted by atomic mass is 35.5. The van der Waals surface area contributed by atoms with Crippen molar-refractivity contribution in [2.24, 2.45) is 0 Å². The van der Waals surface area contributed by atoms with Gasteiger partial charge < -0.3 is 19.4 Å². The van der Waals surface area contributed by atoms with E-state index in [1.807, 2.05) is 47.1 Å². The number of pyridine rings is 1. The van der Waals surface area contributed by atoms with Crippen LogP contribution in [0.15, 0.2) is 48.8 Å². The fourth-order valence-electron chi connectivity index (χ4n) is 2.80. The normalized spacial score (nSPS) is 12.1. The minimum Gasteiger partial charge on any atom is -0.497 e. The lowest BCUT2D eigenvalue weighted by Gasteiger charge is -2.16. The van der Waals surface area contributed by atoms with Gasteiger partial charge in [0.05, 0.1) is 18.7 Å². The molecule has 0 radical (unpaired) electrons. The van der Waals surface area contributed by atoms with E-state index in [0.29, 0.717) is 23.9 Å². The Labute approximate surface area is 157 Å². The second-order valence-corrected chi connectivity index (χ2v) is 6.52. The van der Waals surface area contributed by atoms with Gasteiger partial charge in [-0.1, -0.05) is 17.7 Å². The van der Waals surface area contributed by atoms with Crippen LogP contribution in [0.25, 0.3) is 5.65 Å². The zero-order chi connectivity index (χ0) is 18.5. The molecular weight excluding hydrogens is 352 g/mol. The van der Waals surface area contributed by atoms with Crippen LogP contribution in [0.1, 0.15) is 12.6 Å². The molecule has 1 amide bonds. The molecule has 0 saturated carbocycles. The van der Waals surface area contributed by atoms with Crippen LogP contribution in [0.2, 0.25) is 5.02 Å². The number of likely N-dealkylation sites (N-methyl/N-ethyl adjacent to an activating group) is 1. The van der Waals surface area contributed by atoms with E-state index in [1.165, 1.54) is 0 Å². The summed E-state index contributed by atoms with van der Waals surface area (Å²) in [6.45, 7) is 3.91. The second-order valence-electron chi connectivity index (χ2n) is 6.08. The number of methoxy groups -OCH3 is 1.